The monoisotopic (exact) mass is 460 g/mol. The van der Waals surface area contributed by atoms with Crippen LogP contribution in [0.5, 0.6) is 0 Å². The molecule has 0 bridgehead atoms. The lowest BCUT2D eigenvalue weighted by molar-refractivity contribution is 0.00732. The molecular formula is C28H32N2O4. The first-order valence-electron chi connectivity index (χ1n) is 11.7. The summed E-state index contributed by atoms with van der Waals surface area (Å²) in [4.78, 5) is 29.1. The van der Waals surface area contributed by atoms with Crippen LogP contribution in [-0.2, 0) is 16.8 Å². The van der Waals surface area contributed by atoms with Gasteiger partial charge < -0.3 is 19.7 Å². The summed E-state index contributed by atoms with van der Waals surface area (Å²) >= 11 is 0. The first-order valence-corrected chi connectivity index (χ1v) is 11.7. The lowest BCUT2D eigenvalue weighted by Gasteiger charge is -2.30. The number of carbonyl (C=O) groups excluding carboxylic acids is 1. The number of aliphatic hydroxyl groups is 1. The molecule has 2 aromatic carbocycles. The van der Waals surface area contributed by atoms with Crippen LogP contribution in [0.1, 0.15) is 43.5 Å². The number of cyclic esters (lactones) is 1. The Hall–Kier alpha value is -3.38. The van der Waals surface area contributed by atoms with E-state index >= 15 is 0 Å². The van der Waals surface area contributed by atoms with E-state index in [1.165, 1.54) is 0 Å². The second-order valence-corrected chi connectivity index (χ2v) is 9.83. The van der Waals surface area contributed by atoms with E-state index < -0.39 is 11.2 Å². The highest BCUT2D eigenvalue weighted by atomic mass is 16.6. The van der Waals surface area contributed by atoms with Crippen molar-refractivity contribution in [1.82, 2.24) is 9.88 Å². The fraction of sp³-hybridized carbons (Fsp3) is 0.357. The predicted octanol–water partition coefficient (Wildman–Crippen LogP) is 4.79. The van der Waals surface area contributed by atoms with E-state index in [0.717, 1.165) is 27.9 Å². The molecule has 1 atom stereocenters. The van der Waals surface area contributed by atoms with Gasteiger partial charge in [0, 0.05) is 18.3 Å². The minimum atomic E-state index is -0.842. The molecule has 34 heavy (non-hydrogen) atoms. The normalized spacial score (nSPS) is 18.2. The molecule has 4 rings (SSSR count). The molecule has 3 aromatic rings. The maximum atomic E-state index is 12.8. The summed E-state index contributed by atoms with van der Waals surface area (Å²) in [5.41, 5.74) is 3.03. The molecule has 0 saturated carbocycles. The fourth-order valence-electron chi connectivity index (χ4n) is 4.46. The van der Waals surface area contributed by atoms with Crippen LogP contribution in [0.25, 0.3) is 11.1 Å². The van der Waals surface area contributed by atoms with Crippen LogP contribution in [0.15, 0.2) is 71.5 Å². The largest absolute Gasteiger partial charge is 0.436 e. The summed E-state index contributed by atoms with van der Waals surface area (Å²) in [6.45, 7) is 6.41. The SMILES string of the molecule is Cc1cc(-c2ccc(CCN3C[C@](CCC(C)(C)O)(c4ccccc4)OC3=O)cc2)cc(=O)[nH]1. The van der Waals surface area contributed by atoms with E-state index in [2.05, 4.69) is 4.98 Å². The summed E-state index contributed by atoms with van der Waals surface area (Å²) in [5.74, 6) is 0. The molecule has 2 heterocycles. The molecule has 0 radical (unpaired) electrons. The third-order valence-electron chi connectivity index (χ3n) is 6.36. The van der Waals surface area contributed by atoms with E-state index in [-0.39, 0.29) is 11.7 Å². The van der Waals surface area contributed by atoms with E-state index in [1.54, 1.807) is 24.8 Å². The first-order chi connectivity index (χ1) is 16.1. The van der Waals surface area contributed by atoms with Crippen LogP contribution >= 0.6 is 0 Å². The van der Waals surface area contributed by atoms with E-state index in [1.807, 2.05) is 67.6 Å². The minimum absolute atomic E-state index is 0.113. The maximum Gasteiger partial charge on any atom is 0.410 e. The second-order valence-electron chi connectivity index (χ2n) is 9.83. The Morgan fingerprint density at radius 1 is 1.03 bits per heavy atom. The Kier molecular flexibility index (Phi) is 6.62. The van der Waals surface area contributed by atoms with Gasteiger partial charge in [-0.3, -0.25) is 4.79 Å². The number of carbonyl (C=O) groups is 1. The quantitative estimate of drug-likeness (QED) is 0.506. The maximum absolute atomic E-state index is 12.8. The van der Waals surface area contributed by atoms with Gasteiger partial charge in [-0.25, -0.2) is 4.79 Å². The summed E-state index contributed by atoms with van der Waals surface area (Å²) in [6, 6.07) is 21.4. The van der Waals surface area contributed by atoms with Gasteiger partial charge in [0.25, 0.3) is 0 Å². The topological polar surface area (TPSA) is 82.6 Å². The third kappa shape index (κ3) is 5.57. The average Bonchev–Trinajstić information content (AvgIpc) is 3.13. The molecular weight excluding hydrogens is 428 g/mol. The molecule has 1 aliphatic rings. The zero-order chi connectivity index (χ0) is 24.3. The number of nitrogens with zero attached hydrogens (tertiary/aromatic N) is 1. The third-order valence-corrected chi connectivity index (χ3v) is 6.36. The molecule has 6 nitrogen and oxygen atoms in total. The van der Waals surface area contributed by atoms with Crippen LogP contribution in [0.4, 0.5) is 4.79 Å². The number of aryl methyl sites for hydroxylation is 1. The lowest BCUT2D eigenvalue weighted by Crippen LogP contribution is -2.35. The van der Waals surface area contributed by atoms with Crippen molar-refractivity contribution in [3.63, 3.8) is 0 Å². The fourth-order valence-corrected chi connectivity index (χ4v) is 4.46. The Bertz CT molecular complexity index is 1200. The van der Waals surface area contributed by atoms with Crippen molar-refractivity contribution in [2.45, 2.75) is 51.2 Å². The number of ether oxygens (including phenoxy) is 1. The number of H-pyrrole nitrogens is 1. The number of aromatic amines is 1. The number of pyridine rings is 1. The molecule has 0 spiro atoms. The predicted molar refractivity (Wildman–Crippen MR) is 133 cm³/mol. The first kappa shape index (κ1) is 23.8. The number of hydrogen-bond acceptors (Lipinski definition) is 4. The van der Waals surface area contributed by atoms with Gasteiger partial charge >= 0.3 is 6.09 Å². The molecule has 1 aromatic heterocycles. The summed E-state index contributed by atoms with van der Waals surface area (Å²) in [6.07, 6.45) is 1.44. The van der Waals surface area contributed by atoms with Crippen molar-refractivity contribution in [3.8, 4) is 11.1 Å². The van der Waals surface area contributed by atoms with Gasteiger partial charge in [-0.15, -0.1) is 0 Å². The Balaban J connectivity index is 1.46. The van der Waals surface area contributed by atoms with Crippen molar-refractivity contribution in [1.29, 1.82) is 0 Å². The highest BCUT2D eigenvalue weighted by Gasteiger charge is 2.46. The number of rotatable bonds is 8. The number of nitrogens with one attached hydrogen (secondary N) is 1. The molecule has 1 amide bonds. The molecule has 0 unspecified atom stereocenters. The minimum Gasteiger partial charge on any atom is -0.436 e. The van der Waals surface area contributed by atoms with E-state index in [9.17, 15) is 14.7 Å². The Morgan fingerprint density at radius 3 is 2.38 bits per heavy atom. The van der Waals surface area contributed by atoms with Crippen molar-refractivity contribution in [2.75, 3.05) is 13.1 Å². The van der Waals surface area contributed by atoms with Crippen LogP contribution in [-0.4, -0.2) is 39.8 Å². The summed E-state index contributed by atoms with van der Waals surface area (Å²) in [5, 5.41) is 10.3. The van der Waals surface area contributed by atoms with Crippen LogP contribution < -0.4 is 5.56 Å². The van der Waals surface area contributed by atoms with Crippen molar-refractivity contribution < 1.29 is 14.6 Å². The highest BCUT2D eigenvalue weighted by Crippen LogP contribution is 2.39. The van der Waals surface area contributed by atoms with Crippen molar-refractivity contribution >= 4 is 6.09 Å². The van der Waals surface area contributed by atoms with Gasteiger partial charge in [0.1, 0.15) is 0 Å². The molecule has 1 aliphatic heterocycles. The second kappa shape index (κ2) is 9.47. The molecule has 2 N–H and O–H groups in total. The van der Waals surface area contributed by atoms with E-state index in [0.29, 0.717) is 32.4 Å². The summed E-state index contributed by atoms with van der Waals surface area (Å²) in [7, 11) is 0. The Labute approximate surface area is 200 Å². The van der Waals surface area contributed by atoms with Gasteiger partial charge in [0.05, 0.1) is 12.1 Å². The van der Waals surface area contributed by atoms with Crippen molar-refractivity contribution in [2.24, 2.45) is 0 Å². The lowest BCUT2D eigenvalue weighted by atomic mass is 9.85. The average molecular weight is 461 g/mol. The Morgan fingerprint density at radius 2 is 1.74 bits per heavy atom. The molecule has 178 valence electrons. The standard InChI is InChI=1S/C28H32N2O4/c1-20-17-23(18-25(31)29-20)22-11-9-21(10-12-22)13-16-30-19-28(34-26(30)32,15-14-27(2,3)33)24-7-5-4-6-8-24/h4-12,17-18,33H,13-16,19H2,1-3H3,(H,29,31)/t28-/m1/s1. The smallest absolute Gasteiger partial charge is 0.410 e. The highest BCUT2D eigenvalue weighted by molar-refractivity contribution is 5.71. The van der Waals surface area contributed by atoms with Gasteiger partial charge in [0.15, 0.2) is 5.60 Å². The van der Waals surface area contributed by atoms with Gasteiger partial charge in [-0.2, -0.15) is 0 Å². The zero-order valence-corrected chi connectivity index (χ0v) is 20.0. The molecule has 6 heteroatoms. The number of aromatic nitrogens is 1. The van der Waals surface area contributed by atoms with Crippen molar-refractivity contribution in [3.05, 3.63) is 93.9 Å². The van der Waals surface area contributed by atoms with Gasteiger partial charge in [-0.1, -0.05) is 54.6 Å². The molecule has 0 aliphatic carbocycles. The number of hydrogen-bond donors (Lipinski definition) is 2. The van der Waals surface area contributed by atoms with E-state index in [4.69, 9.17) is 4.74 Å². The van der Waals surface area contributed by atoms with Crippen LogP contribution in [0.3, 0.4) is 0 Å². The molecule has 1 saturated heterocycles. The summed E-state index contributed by atoms with van der Waals surface area (Å²) < 4.78 is 5.97. The van der Waals surface area contributed by atoms with Gasteiger partial charge in [0.2, 0.25) is 5.56 Å². The zero-order valence-electron chi connectivity index (χ0n) is 20.0. The van der Waals surface area contributed by atoms with Gasteiger partial charge in [-0.05, 0) is 68.4 Å². The van der Waals surface area contributed by atoms with Crippen LogP contribution in [0, 0.1) is 6.92 Å². The van der Waals surface area contributed by atoms with Crippen LogP contribution in [0.2, 0.25) is 0 Å². The number of amides is 1. The number of benzene rings is 2. The molecule has 1 fully saturated rings.